The number of piperidine rings is 1. The number of hydrogen-bond acceptors (Lipinski definition) is 5. The van der Waals surface area contributed by atoms with Gasteiger partial charge in [-0.25, -0.2) is 0 Å². The Morgan fingerprint density at radius 3 is 2.59 bits per heavy atom. The number of nitrogens with one attached hydrogen (secondary N) is 1. The van der Waals surface area contributed by atoms with E-state index in [1.807, 2.05) is 0 Å². The third kappa shape index (κ3) is 3.96. The molecule has 0 bridgehead atoms. The van der Waals surface area contributed by atoms with Crippen molar-refractivity contribution in [2.45, 2.75) is 32.0 Å². The Labute approximate surface area is 154 Å². The van der Waals surface area contributed by atoms with Crippen LogP contribution in [0.2, 0.25) is 0 Å². The Kier molecular flexibility index (Phi) is 4.95. The van der Waals surface area contributed by atoms with Crippen molar-refractivity contribution >= 4 is 11.7 Å². The highest BCUT2D eigenvalue weighted by Gasteiger charge is 2.32. The van der Waals surface area contributed by atoms with Crippen LogP contribution in [0.4, 0.5) is 19.0 Å². The van der Waals surface area contributed by atoms with Gasteiger partial charge in [-0.1, -0.05) is 0 Å². The van der Waals surface area contributed by atoms with E-state index in [4.69, 9.17) is 0 Å². The Bertz CT molecular complexity index is 830. The highest BCUT2D eigenvalue weighted by molar-refractivity contribution is 5.85. The summed E-state index contributed by atoms with van der Waals surface area (Å²) in [6.07, 6.45) is -2.98. The normalized spacial score (nSPS) is 17.9. The van der Waals surface area contributed by atoms with Crippen LogP contribution in [0.25, 0.3) is 11.3 Å². The van der Waals surface area contributed by atoms with E-state index in [1.54, 1.807) is 24.1 Å². The number of halogens is 3. The number of carbonyl (C=O) groups is 1. The van der Waals surface area contributed by atoms with E-state index in [0.29, 0.717) is 24.8 Å². The van der Waals surface area contributed by atoms with E-state index in [9.17, 15) is 23.1 Å². The molecule has 144 valence electrons. The zero-order chi connectivity index (χ0) is 19.8. The van der Waals surface area contributed by atoms with Crippen LogP contribution < -0.4 is 5.32 Å². The molecule has 0 radical (unpaired) electrons. The first-order valence-corrected chi connectivity index (χ1v) is 8.43. The Morgan fingerprint density at radius 1 is 1.26 bits per heavy atom. The molecule has 1 aliphatic heterocycles. The zero-order valence-corrected chi connectivity index (χ0v) is 14.8. The molecular weight excluding hydrogens is 361 g/mol. The molecule has 2 heterocycles. The van der Waals surface area contributed by atoms with E-state index in [-0.39, 0.29) is 28.8 Å². The maximum absolute atomic E-state index is 12.8. The fraction of sp³-hybridized carbons (Fsp3) is 0.389. The molecule has 2 N–H and O–H groups in total. The molecule has 1 aromatic carbocycles. The minimum absolute atomic E-state index is 0.0247. The number of hydrogen-bond donors (Lipinski definition) is 2. The van der Waals surface area contributed by atoms with Crippen molar-refractivity contribution in [1.82, 2.24) is 15.1 Å². The number of anilines is 1. The number of likely N-dealkylation sites (N-methyl/N-ethyl adjacent to an activating group) is 1. The summed E-state index contributed by atoms with van der Waals surface area (Å²) in [5.74, 6) is -0.152. The minimum Gasteiger partial charge on any atom is -0.507 e. The van der Waals surface area contributed by atoms with Gasteiger partial charge in [0.15, 0.2) is 0 Å². The van der Waals surface area contributed by atoms with Gasteiger partial charge in [-0.2, -0.15) is 13.2 Å². The average molecular weight is 380 g/mol. The lowest BCUT2D eigenvalue weighted by Crippen LogP contribution is -2.45. The summed E-state index contributed by atoms with van der Waals surface area (Å²) in [6, 6.07) is 4.37. The third-order valence-electron chi connectivity index (χ3n) is 4.55. The second kappa shape index (κ2) is 7.05. The van der Waals surface area contributed by atoms with Gasteiger partial charge >= 0.3 is 6.18 Å². The summed E-state index contributed by atoms with van der Waals surface area (Å²) < 4.78 is 38.5. The molecule has 1 fully saturated rings. The van der Waals surface area contributed by atoms with Gasteiger partial charge in [0.2, 0.25) is 5.91 Å². The van der Waals surface area contributed by atoms with Crippen LogP contribution in [0.5, 0.6) is 5.75 Å². The molecule has 6 nitrogen and oxygen atoms in total. The number of benzene rings is 1. The Morgan fingerprint density at radius 2 is 2.00 bits per heavy atom. The van der Waals surface area contributed by atoms with Crippen molar-refractivity contribution in [2.75, 3.05) is 18.9 Å². The van der Waals surface area contributed by atoms with E-state index in [0.717, 1.165) is 12.5 Å². The van der Waals surface area contributed by atoms with Crippen molar-refractivity contribution in [1.29, 1.82) is 0 Å². The highest BCUT2D eigenvalue weighted by atomic mass is 19.4. The molecule has 1 unspecified atom stereocenters. The summed E-state index contributed by atoms with van der Waals surface area (Å²) in [5.41, 5.74) is -0.249. The number of alkyl halides is 3. The maximum atomic E-state index is 12.8. The molecule has 1 aliphatic rings. The van der Waals surface area contributed by atoms with Gasteiger partial charge in [0.25, 0.3) is 0 Å². The molecule has 1 saturated heterocycles. The third-order valence-corrected chi connectivity index (χ3v) is 4.55. The molecule has 0 saturated carbocycles. The van der Waals surface area contributed by atoms with Crippen LogP contribution in [0.1, 0.15) is 24.0 Å². The first kappa shape index (κ1) is 18.9. The number of aryl methyl sites for hydroxylation is 1. The van der Waals surface area contributed by atoms with Crippen molar-refractivity contribution in [3.8, 4) is 17.0 Å². The van der Waals surface area contributed by atoms with E-state index in [2.05, 4.69) is 15.5 Å². The van der Waals surface area contributed by atoms with Crippen LogP contribution in [0.3, 0.4) is 0 Å². The monoisotopic (exact) mass is 380 g/mol. The number of nitrogens with zero attached hydrogens (tertiary/aromatic N) is 3. The molecule has 1 atom stereocenters. The van der Waals surface area contributed by atoms with Gasteiger partial charge in [-0.05, 0) is 49.6 Å². The smallest absolute Gasteiger partial charge is 0.416 e. The van der Waals surface area contributed by atoms with E-state index in [1.165, 1.54) is 6.92 Å². The topological polar surface area (TPSA) is 78.4 Å². The minimum atomic E-state index is -4.54. The summed E-state index contributed by atoms with van der Waals surface area (Å²) in [5, 5.41) is 21.1. The molecule has 2 aromatic rings. The average Bonchev–Trinajstić information content (AvgIpc) is 2.59. The number of likely N-dealkylation sites (tertiary alicyclic amines) is 1. The van der Waals surface area contributed by atoms with Crippen molar-refractivity contribution in [3.63, 3.8) is 0 Å². The fourth-order valence-corrected chi connectivity index (χ4v) is 3.15. The lowest BCUT2D eigenvalue weighted by molar-refractivity contribution is -0.137. The lowest BCUT2D eigenvalue weighted by Gasteiger charge is -2.29. The molecule has 27 heavy (non-hydrogen) atoms. The predicted octanol–water partition coefficient (Wildman–Crippen LogP) is 3.21. The molecule has 0 aliphatic carbocycles. The zero-order valence-electron chi connectivity index (χ0n) is 14.8. The molecule has 3 rings (SSSR count). The van der Waals surface area contributed by atoms with Gasteiger partial charge in [0, 0.05) is 19.2 Å². The number of amides is 1. The van der Waals surface area contributed by atoms with Crippen LogP contribution >= 0.6 is 0 Å². The summed E-state index contributed by atoms with van der Waals surface area (Å²) in [6.45, 7) is 2.18. The van der Waals surface area contributed by atoms with Crippen LogP contribution in [0, 0.1) is 6.92 Å². The summed E-state index contributed by atoms with van der Waals surface area (Å²) in [4.78, 5) is 13.8. The standard InChI is InChI=1S/C18H19F3N4O2/c1-10-8-11(18(19,20)21)9-14(26)16(10)12-5-6-15(24-23-12)22-13-4-3-7-25(2)17(13)27/h5-6,8-9,13,26H,3-4,7H2,1-2H3,(H,22,24). The van der Waals surface area contributed by atoms with Gasteiger partial charge in [0.05, 0.1) is 11.3 Å². The number of aromatic hydroxyl groups is 1. The number of phenolic OH excluding ortho intramolecular Hbond substituents is 1. The van der Waals surface area contributed by atoms with Gasteiger partial charge < -0.3 is 15.3 Å². The molecular formula is C18H19F3N4O2. The first-order chi connectivity index (χ1) is 12.7. The van der Waals surface area contributed by atoms with Crippen LogP contribution in [-0.2, 0) is 11.0 Å². The maximum Gasteiger partial charge on any atom is 0.416 e. The van der Waals surface area contributed by atoms with Crippen molar-refractivity contribution in [2.24, 2.45) is 0 Å². The molecule has 1 amide bonds. The highest BCUT2D eigenvalue weighted by Crippen LogP contribution is 2.38. The molecule has 9 heteroatoms. The summed E-state index contributed by atoms with van der Waals surface area (Å²) >= 11 is 0. The first-order valence-electron chi connectivity index (χ1n) is 8.43. The number of phenols is 1. The van der Waals surface area contributed by atoms with Gasteiger partial charge in [-0.3, -0.25) is 4.79 Å². The predicted molar refractivity (Wildman–Crippen MR) is 93.2 cm³/mol. The van der Waals surface area contributed by atoms with Gasteiger partial charge in [0.1, 0.15) is 17.6 Å². The summed E-state index contributed by atoms with van der Waals surface area (Å²) in [7, 11) is 1.74. The van der Waals surface area contributed by atoms with Crippen LogP contribution in [-0.4, -0.2) is 45.7 Å². The lowest BCUT2D eigenvalue weighted by atomic mass is 10.0. The Balaban J connectivity index is 1.83. The second-order valence-electron chi connectivity index (χ2n) is 6.59. The number of aromatic nitrogens is 2. The number of carbonyl (C=O) groups excluding carboxylic acids is 1. The fourth-order valence-electron chi connectivity index (χ4n) is 3.15. The Hall–Kier alpha value is -2.84. The molecule has 1 aromatic heterocycles. The van der Waals surface area contributed by atoms with Crippen molar-refractivity contribution in [3.05, 3.63) is 35.4 Å². The van der Waals surface area contributed by atoms with E-state index < -0.39 is 17.5 Å². The van der Waals surface area contributed by atoms with Crippen LogP contribution in [0.15, 0.2) is 24.3 Å². The SMILES string of the molecule is Cc1cc(C(F)(F)F)cc(O)c1-c1ccc(NC2CCCN(C)C2=O)nn1. The second-order valence-corrected chi connectivity index (χ2v) is 6.59. The van der Waals surface area contributed by atoms with Gasteiger partial charge in [-0.15, -0.1) is 10.2 Å². The number of rotatable bonds is 3. The van der Waals surface area contributed by atoms with E-state index >= 15 is 0 Å². The van der Waals surface area contributed by atoms with Crippen molar-refractivity contribution < 1.29 is 23.1 Å². The molecule has 0 spiro atoms. The quantitative estimate of drug-likeness (QED) is 0.855. The largest absolute Gasteiger partial charge is 0.507 e.